The van der Waals surface area contributed by atoms with Crippen molar-refractivity contribution in [1.82, 2.24) is 20.9 Å². The quantitative estimate of drug-likeness (QED) is 0.750. The van der Waals surface area contributed by atoms with Crippen LogP contribution in [0.4, 0.5) is 4.79 Å². The van der Waals surface area contributed by atoms with Crippen molar-refractivity contribution >= 4 is 23.5 Å². The molecule has 24 heavy (non-hydrogen) atoms. The molecule has 1 atom stereocenters. The Bertz CT molecular complexity index is 694. The molecular formula is C17H19ClN4O2. The molecule has 0 aliphatic heterocycles. The molecule has 0 fully saturated rings. The minimum Gasteiger partial charge on any atom is -0.355 e. The first-order valence-electron chi connectivity index (χ1n) is 7.57. The summed E-state index contributed by atoms with van der Waals surface area (Å²) in [7, 11) is 0. The summed E-state index contributed by atoms with van der Waals surface area (Å²) in [5.41, 5.74) is 1.47. The third-order valence-corrected chi connectivity index (χ3v) is 3.46. The summed E-state index contributed by atoms with van der Waals surface area (Å²) in [6.45, 7) is 2.24. The number of carbonyl (C=O) groups excluding carboxylic acids is 2. The van der Waals surface area contributed by atoms with Gasteiger partial charge in [-0.15, -0.1) is 0 Å². The van der Waals surface area contributed by atoms with Crippen LogP contribution in [0.25, 0.3) is 0 Å². The van der Waals surface area contributed by atoms with Gasteiger partial charge in [0.1, 0.15) is 0 Å². The lowest BCUT2D eigenvalue weighted by Crippen LogP contribution is -2.43. The van der Waals surface area contributed by atoms with Crippen LogP contribution < -0.4 is 16.0 Å². The maximum atomic E-state index is 12.1. The average molecular weight is 347 g/mol. The maximum absolute atomic E-state index is 12.1. The zero-order valence-electron chi connectivity index (χ0n) is 13.3. The van der Waals surface area contributed by atoms with Crippen molar-refractivity contribution in [3.63, 3.8) is 0 Å². The SMILES string of the molecule is CCNC(=O)CNC(=O)N[C@@H](c1cccc(Cl)c1)c1ccccn1. The minimum atomic E-state index is -0.473. The Kier molecular flexibility index (Phi) is 6.57. The molecule has 0 aliphatic rings. The lowest BCUT2D eigenvalue weighted by atomic mass is 10.0. The number of rotatable bonds is 6. The summed E-state index contributed by atoms with van der Waals surface area (Å²) in [6.07, 6.45) is 1.65. The van der Waals surface area contributed by atoms with Gasteiger partial charge < -0.3 is 16.0 Å². The molecule has 2 aromatic rings. The van der Waals surface area contributed by atoms with Crippen molar-refractivity contribution in [2.24, 2.45) is 0 Å². The van der Waals surface area contributed by atoms with E-state index in [1.165, 1.54) is 0 Å². The topological polar surface area (TPSA) is 83.1 Å². The summed E-state index contributed by atoms with van der Waals surface area (Å²) >= 11 is 6.05. The monoisotopic (exact) mass is 346 g/mol. The summed E-state index contributed by atoms with van der Waals surface area (Å²) < 4.78 is 0. The van der Waals surface area contributed by atoms with Gasteiger partial charge in [0.2, 0.25) is 5.91 Å². The van der Waals surface area contributed by atoms with Crippen molar-refractivity contribution in [1.29, 1.82) is 0 Å². The van der Waals surface area contributed by atoms with E-state index in [-0.39, 0.29) is 12.5 Å². The van der Waals surface area contributed by atoms with Crippen LogP contribution in [0.1, 0.15) is 24.2 Å². The van der Waals surface area contributed by atoms with Crippen molar-refractivity contribution in [2.45, 2.75) is 13.0 Å². The smallest absolute Gasteiger partial charge is 0.316 e. The summed E-state index contributed by atoms with van der Waals surface area (Å²) in [5, 5.41) is 8.53. The van der Waals surface area contributed by atoms with E-state index >= 15 is 0 Å². The minimum absolute atomic E-state index is 0.0931. The van der Waals surface area contributed by atoms with Gasteiger partial charge in [-0.2, -0.15) is 0 Å². The highest BCUT2D eigenvalue weighted by Gasteiger charge is 2.18. The van der Waals surface area contributed by atoms with E-state index in [0.29, 0.717) is 17.3 Å². The fourth-order valence-electron chi connectivity index (χ4n) is 2.16. The summed E-state index contributed by atoms with van der Waals surface area (Å²) in [4.78, 5) is 27.9. The average Bonchev–Trinajstić information content (AvgIpc) is 2.59. The first-order valence-corrected chi connectivity index (χ1v) is 7.95. The number of benzene rings is 1. The first kappa shape index (κ1) is 17.7. The van der Waals surface area contributed by atoms with Crippen LogP contribution in [0.15, 0.2) is 48.7 Å². The Morgan fingerprint density at radius 1 is 1.17 bits per heavy atom. The molecule has 0 bridgehead atoms. The van der Waals surface area contributed by atoms with E-state index in [1.54, 1.807) is 24.4 Å². The van der Waals surface area contributed by atoms with E-state index in [1.807, 2.05) is 31.2 Å². The molecule has 0 unspecified atom stereocenters. The molecule has 0 spiro atoms. The number of hydrogen-bond acceptors (Lipinski definition) is 3. The zero-order valence-corrected chi connectivity index (χ0v) is 14.0. The predicted molar refractivity (Wildman–Crippen MR) is 92.8 cm³/mol. The molecule has 6 nitrogen and oxygen atoms in total. The van der Waals surface area contributed by atoms with Gasteiger partial charge in [-0.3, -0.25) is 9.78 Å². The molecule has 0 aliphatic carbocycles. The van der Waals surface area contributed by atoms with Gasteiger partial charge in [0.15, 0.2) is 0 Å². The molecule has 1 aromatic carbocycles. The van der Waals surface area contributed by atoms with Crippen LogP contribution in [0.3, 0.4) is 0 Å². The molecule has 1 aromatic heterocycles. The standard InChI is InChI=1S/C17H19ClN4O2/c1-2-19-15(23)11-21-17(24)22-16(14-8-3-4-9-20-14)12-6-5-7-13(18)10-12/h3-10,16H,2,11H2,1H3,(H,19,23)(H2,21,22,24)/t16-/m0/s1. The highest BCUT2D eigenvalue weighted by molar-refractivity contribution is 6.30. The molecule has 1 heterocycles. The number of carbonyl (C=O) groups is 2. The van der Waals surface area contributed by atoms with Gasteiger partial charge in [0.25, 0.3) is 0 Å². The third kappa shape index (κ3) is 5.24. The van der Waals surface area contributed by atoms with Crippen LogP contribution in [-0.4, -0.2) is 30.0 Å². The number of halogens is 1. The first-order chi connectivity index (χ1) is 11.6. The van der Waals surface area contributed by atoms with Crippen LogP contribution >= 0.6 is 11.6 Å². The predicted octanol–water partition coefficient (Wildman–Crippen LogP) is 2.26. The van der Waals surface area contributed by atoms with E-state index < -0.39 is 12.1 Å². The number of likely N-dealkylation sites (N-methyl/N-ethyl adjacent to an activating group) is 1. The highest BCUT2D eigenvalue weighted by Crippen LogP contribution is 2.22. The number of nitrogens with one attached hydrogen (secondary N) is 3. The maximum Gasteiger partial charge on any atom is 0.316 e. The van der Waals surface area contributed by atoms with Crippen molar-refractivity contribution in [2.75, 3.05) is 13.1 Å². The number of urea groups is 1. The fraction of sp³-hybridized carbons (Fsp3) is 0.235. The number of hydrogen-bond donors (Lipinski definition) is 3. The van der Waals surface area contributed by atoms with E-state index in [9.17, 15) is 9.59 Å². The summed E-state index contributed by atoms with van der Waals surface area (Å²) in [6, 6.07) is 11.7. The van der Waals surface area contributed by atoms with Crippen molar-refractivity contribution in [3.8, 4) is 0 Å². The van der Waals surface area contributed by atoms with E-state index in [0.717, 1.165) is 5.56 Å². The van der Waals surface area contributed by atoms with Gasteiger partial charge in [-0.25, -0.2) is 4.79 Å². The normalized spacial score (nSPS) is 11.4. The Morgan fingerprint density at radius 3 is 2.67 bits per heavy atom. The molecule has 2 rings (SSSR count). The van der Waals surface area contributed by atoms with Crippen LogP contribution in [0.5, 0.6) is 0 Å². The molecule has 7 heteroatoms. The second-order valence-electron chi connectivity index (χ2n) is 5.02. The van der Waals surface area contributed by atoms with E-state index in [2.05, 4.69) is 20.9 Å². The third-order valence-electron chi connectivity index (χ3n) is 3.22. The Labute approximate surface area is 145 Å². The van der Waals surface area contributed by atoms with Gasteiger partial charge in [0, 0.05) is 17.8 Å². The van der Waals surface area contributed by atoms with Crippen molar-refractivity contribution in [3.05, 3.63) is 64.9 Å². The fourth-order valence-corrected chi connectivity index (χ4v) is 2.36. The molecular weight excluding hydrogens is 328 g/mol. The molecule has 3 N–H and O–H groups in total. The largest absolute Gasteiger partial charge is 0.355 e. The Balaban J connectivity index is 2.12. The zero-order chi connectivity index (χ0) is 17.4. The number of amides is 3. The lowest BCUT2D eigenvalue weighted by Gasteiger charge is -2.19. The van der Waals surface area contributed by atoms with Gasteiger partial charge in [-0.1, -0.05) is 29.8 Å². The second-order valence-corrected chi connectivity index (χ2v) is 5.46. The summed E-state index contributed by atoms with van der Waals surface area (Å²) in [5.74, 6) is -0.246. The molecule has 0 saturated carbocycles. The molecule has 3 amide bonds. The van der Waals surface area contributed by atoms with Gasteiger partial charge in [0.05, 0.1) is 18.3 Å². The number of aromatic nitrogens is 1. The Morgan fingerprint density at radius 2 is 2.00 bits per heavy atom. The van der Waals surface area contributed by atoms with Gasteiger partial charge >= 0.3 is 6.03 Å². The second kappa shape index (κ2) is 8.88. The lowest BCUT2D eigenvalue weighted by molar-refractivity contribution is -0.119. The number of nitrogens with zero attached hydrogens (tertiary/aromatic N) is 1. The Hall–Kier alpha value is -2.60. The van der Waals surface area contributed by atoms with Crippen LogP contribution in [0.2, 0.25) is 5.02 Å². The molecule has 0 radical (unpaired) electrons. The van der Waals surface area contributed by atoms with E-state index in [4.69, 9.17) is 11.6 Å². The van der Waals surface area contributed by atoms with Crippen molar-refractivity contribution < 1.29 is 9.59 Å². The van der Waals surface area contributed by atoms with Crippen LogP contribution in [-0.2, 0) is 4.79 Å². The number of pyridine rings is 1. The molecule has 0 saturated heterocycles. The molecule has 126 valence electrons. The van der Waals surface area contributed by atoms with Crippen LogP contribution in [0, 0.1) is 0 Å². The highest BCUT2D eigenvalue weighted by atomic mass is 35.5. The van der Waals surface area contributed by atoms with Gasteiger partial charge in [-0.05, 0) is 36.8 Å².